The van der Waals surface area contributed by atoms with Crippen LogP contribution in [0.25, 0.3) is 11.3 Å². The number of aromatic nitrogens is 1. The van der Waals surface area contributed by atoms with Gasteiger partial charge in [0.05, 0.1) is 18.7 Å². The van der Waals surface area contributed by atoms with Crippen LogP contribution in [0.15, 0.2) is 23.6 Å². The van der Waals surface area contributed by atoms with E-state index in [1.165, 1.54) is 24.5 Å². The average molecular weight is 421 g/mol. The number of methoxy groups -OCH3 is 1. The number of hydrogen-bond acceptors (Lipinski definition) is 5. The summed E-state index contributed by atoms with van der Waals surface area (Å²) in [6.45, 7) is 4.83. The first-order chi connectivity index (χ1) is 13.9. The summed E-state index contributed by atoms with van der Waals surface area (Å²) in [5.41, 5.74) is 1.18. The van der Waals surface area contributed by atoms with Gasteiger partial charge >= 0.3 is 6.03 Å². The molecule has 0 saturated carbocycles. The molecule has 2 heterocycles. The lowest BCUT2D eigenvalue weighted by atomic mass is 9.97. The third-order valence-electron chi connectivity index (χ3n) is 4.67. The van der Waals surface area contributed by atoms with E-state index in [9.17, 15) is 14.0 Å². The van der Waals surface area contributed by atoms with Crippen molar-refractivity contribution in [3.05, 3.63) is 29.4 Å². The molecule has 1 aliphatic rings. The van der Waals surface area contributed by atoms with Crippen molar-refractivity contribution in [3.8, 4) is 17.0 Å². The fraction of sp³-hybridized carbons (Fsp3) is 0.450. The van der Waals surface area contributed by atoms with Crippen molar-refractivity contribution in [3.63, 3.8) is 0 Å². The van der Waals surface area contributed by atoms with Gasteiger partial charge in [0.15, 0.2) is 16.7 Å². The van der Waals surface area contributed by atoms with Gasteiger partial charge in [0, 0.05) is 30.1 Å². The molecule has 0 bridgehead atoms. The molecule has 0 aliphatic carbocycles. The smallest absolute Gasteiger partial charge is 0.317 e. The van der Waals surface area contributed by atoms with Crippen LogP contribution in [0.4, 0.5) is 14.3 Å². The summed E-state index contributed by atoms with van der Waals surface area (Å²) in [7, 11) is 1.41. The molecule has 1 atom stereocenters. The number of carbonyl (C=O) groups excluding carboxylic acids is 2. The zero-order chi connectivity index (χ0) is 21.0. The zero-order valence-electron chi connectivity index (χ0n) is 16.7. The van der Waals surface area contributed by atoms with Crippen molar-refractivity contribution in [1.29, 1.82) is 0 Å². The van der Waals surface area contributed by atoms with Crippen LogP contribution in [0.5, 0.6) is 5.75 Å². The number of nitrogens with zero attached hydrogens (tertiary/aromatic N) is 2. The lowest BCUT2D eigenvalue weighted by Crippen LogP contribution is -2.49. The number of benzene rings is 1. The molecule has 2 N–H and O–H groups in total. The van der Waals surface area contributed by atoms with Crippen molar-refractivity contribution >= 4 is 28.4 Å². The lowest BCUT2D eigenvalue weighted by Gasteiger charge is -2.32. The van der Waals surface area contributed by atoms with E-state index in [4.69, 9.17) is 4.74 Å². The molecule has 1 saturated heterocycles. The highest BCUT2D eigenvalue weighted by Gasteiger charge is 2.29. The van der Waals surface area contributed by atoms with Crippen LogP contribution < -0.4 is 15.4 Å². The largest absolute Gasteiger partial charge is 0.494 e. The summed E-state index contributed by atoms with van der Waals surface area (Å²) < 4.78 is 18.8. The summed E-state index contributed by atoms with van der Waals surface area (Å²) in [5.74, 6) is -0.743. The fourth-order valence-corrected chi connectivity index (χ4v) is 3.93. The monoisotopic (exact) mass is 420 g/mol. The van der Waals surface area contributed by atoms with Gasteiger partial charge in [0.2, 0.25) is 5.91 Å². The number of rotatable bonds is 5. The molecular weight excluding hydrogens is 395 g/mol. The first-order valence-corrected chi connectivity index (χ1v) is 10.4. The summed E-state index contributed by atoms with van der Waals surface area (Å²) in [6.07, 6.45) is 1.50. The first kappa shape index (κ1) is 21.0. The van der Waals surface area contributed by atoms with E-state index in [1.54, 1.807) is 22.4 Å². The summed E-state index contributed by atoms with van der Waals surface area (Å²) in [6, 6.07) is 4.52. The van der Waals surface area contributed by atoms with E-state index in [2.05, 4.69) is 15.6 Å². The van der Waals surface area contributed by atoms with Crippen molar-refractivity contribution in [2.45, 2.75) is 32.7 Å². The van der Waals surface area contributed by atoms with Crippen LogP contribution in [-0.2, 0) is 4.79 Å². The molecule has 7 nitrogen and oxygen atoms in total. The number of ether oxygens (including phenoxy) is 1. The average Bonchev–Trinajstić information content (AvgIpc) is 3.16. The number of amides is 3. The normalized spacial score (nSPS) is 16.6. The Hall–Kier alpha value is -2.68. The maximum atomic E-state index is 13.9. The lowest BCUT2D eigenvalue weighted by molar-refractivity contribution is -0.121. The first-order valence-electron chi connectivity index (χ1n) is 9.53. The van der Waals surface area contributed by atoms with E-state index in [-0.39, 0.29) is 29.6 Å². The number of carbonyl (C=O) groups is 2. The van der Waals surface area contributed by atoms with Crippen molar-refractivity contribution in [2.75, 3.05) is 25.5 Å². The number of urea groups is 1. The van der Waals surface area contributed by atoms with Crippen LogP contribution in [0.1, 0.15) is 26.7 Å². The molecule has 1 fully saturated rings. The van der Waals surface area contributed by atoms with E-state index in [0.717, 1.165) is 12.8 Å². The van der Waals surface area contributed by atoms with E-state index < -0.39 is 5.82 Å². The molecular formula is C20H25FN4O3S. The number of piperidine rings is 1. The number of nitrogens with one attached hydrogen (secondary N) is 2. The Balaban J connectivity index is 1.62. The number of hydrogen-bond donors (Lipinski definition) is 2. The Morgan fingerprint density at radius 1 is 1.38 bits per heavy atom. The Morgan fingerprint density at radius 2 is 2.17 bits per heavy atom. The maximum absolute atomic E-state index is 13.9. The second-order valence-electron chi connectivity index (χ2n) is 7.27. The van der Waals surface area contributed by atoms with Crippen LogP contribution in [0, 0.1) is 11.7 Å². The predicted octanol–water partition coefficient (Wildman–Crippen LogP) is 3.73. The van der Waals surface area contributed by atoms with Crippen LogP contribution in [0.3, 0.4) is 0 Å². The Kier molecular flexibility index (Phi) is 6.68. The SMILES string of the molecule is COc1ccc(-c2csc(NC(=O)[C@@H]3CCCN(C(=O)NC(C)C)C3)n2)cc1F. The summed E-state index contributed by atoms with van der Waals surface area (Å²) in [4.78, 5) is 30.9. The third-order valence-corrected chi connectivity index (χ3v) is 5.43. The topological polar surface area (TPSA) is 83.6 Å². The number of likely N-dealkylation sites (tertiary alicyclic amines) is 1. The fourth-order valence-electron chi connectivity index (χ4n) is 3.21. The minimum atomic E-state index is -0.467. The molecule has 29 heavy (non-hydrogen) atoms. The molecule has 1 aromatic carbocycles. The second-order valence-corrected chi connectivity index (χ2v) is 8.12. The third kappa shape index (κ3) is 5.23. The van der Waals surface area contributed by atoms with Gasteiger partial charge in [-0.25, -0.2) is 14.2 Å². The van der Waals surface area contributed by atoms with Crippen LogP contribution in [0.2, 0.25) is 0 Å². The van der Waals surface area contributed by atoms with Gasteiger partial charge in [-0.2, -0.15) is 0 Å². The number of anilines is 1. The Labute approximate surface area is 173 Å². The molecule has 2 aromatic rings. The highest BCUT2D eigenvalue weighted by molar-refractivity contribution is 7.14. The molecule has 1 aliphatic heterocycles. The van der Waals surface area contributed by atoms with Crippen molar-refractivity contribution < 1.29 is 18.7 Å². The minimum Gasteiger partial charge on any atom is -0.494 e. The highest BCUT2D eigenvalue weighted by Crippen LogP contribution is 2.29. The van der Waals surface area contributed by atoms with Gasteiger partial charge in [-0.05, 0) is 44.9 Å². The Bertz CT molecular complexity index is 886. The molecule has 0 radical (unpaired) electrons. The molecule has 1 aromatic heterocycles. The minimum absolute atomic E-state index is 0.0493. The summed E-state index contributed by atoms with van der Waals surface area (Å²) in [5, 5.41) is 7.91. The van der Waals surface area contributed by atoms with E-state index >= 15 is 0 Å². The molecule has 3 rings (SSSR count). The molecule has 3 amide bonds. The standard InChI is InChI=1S/C20H25FN4O3S/c1-12(2)22-20(27)25-8-4-5-14(10-25)18(26)24-19-23-16(11-29-19)13-6-7-17(28-3)15(21)9-13/h6-7,9,11-12,14H,4-5,8,10H2,1-3H3,(H,22,27)(H,23,24,26)/t14-/m1/s1. The molecule has 0 unspecified atom stereocenters. The van der Waals surface area contributed by atoms with Gasteiger partial charge in [0.25, 0.3) is 0 Å². The Morgan fingerprint density at radius 3 is 2.86 bits per heavy atom. The zero-order valence-corrected chi connectivity index (χ0v) is 17.5. The van der Waals surface area contributed by atoms with Gasteiger partial charge in [-0.3, -0.25) is 4.79 Å². The van der Waals surface area contributed by atoms with Crippen molar-refractivity contribution in [2.24, 2.45) is 5.92 Å². The van der Waals surface area contributed by atoms with Crippen LogP contribution in [-0.4, -0.2) is 48.1 Å². The predicted molar refractivity (Wildman–Crippen MR) is 111 cm³/mol. The quantitative estimate of drug-likeness (QED) is 0.772. The van der Waals surface area contributed by atoms with E-state index in [0.29, 0.717) is 29.5 Å². The molecule has 0 spiro atoms. The highest BCUT2D eigenvalue weighted by atomic mass is 32.1. The van der Waals surface area contributed by atoms with Gasteiger partial charge in [-0.1, -0.05) is 0 Å². The van der Waals surface area contributed by atoms with E-state index in [1.807, 2.05) is 13.8 Å². The summed E-state index contributed by atoms with van der Waals surface area (Å²) >= 11 is 1.28. The second kappa shape index (κ2) is 9.21. The maximum Gasteiger partial charge on any atom is 0.317 e. The number of halogens is 1. The van der Waals surface area contributed by atoms with Crippen molar-refractivity contribution in [1.82, 2.24) is 15.2 Å². The van der Waals surface area contributed by atoms with Gasteiger partial charge in [-0.15, -0.1) is 11.3 Å². The number of thiazole rings is 1. The van der Waals surface area contributed by atoms with Gasteiger partial charge in [0.1, 0.15) is 0 Å². The van der Waals surface area contributed by atoms with Crippen LogP contribution >= 0.6 is 11.3 Å². The van der Waals surface area contributed by atoms with Gasteiger partial charge < -0.3 is 20.3 Å². The molecule has 156 valence electrons. The molecule has 9 heteroatoms.